The second-order valence-electron chi connectivity index (χ2n) is 2.10. The van der Waals surface area contributed by atoms with E-state index >= 15 is 0 Å². The summed E-state index contributed by atoms with van der Waals surface area (Å²) in [6, 6.07) is 0. The zero-order valence-corrected chi connectivity index (χ0v) is 6.57. The molecule has 0 unspecified atom stereocenters. The monoisotopic (exact) mass is 154 g/mol. The van der Waals surface area contributed by atoms with E-state index in [1.165, 1.54) is 6.20 Å². The topological polar surface area (TPSA) is 55.4 Å². The number of carbonyl (C=O) groups is 1. The van der Waals surface area contributed by atoms with Gasteiger partial charge in [-0.2, -0.15) is 0 Å². The van der Waals surface area contributed by atoms with Crippen LogP contribution in [0.25, 0.3) is 0 Å². The van der Waals surface area contributed by atoms with Crippen LogP contribution < -0.4 is 5.73 Å². The molecule has 11 heavy (non-hydrogen) atoms. The van der Waals surface area contributed by atoms with Gasteiger partial charge in [-0.25, -0.2) is 0 Å². The molecule has 0 aliphatic heterocycles. The Hall–Kier alpha value is -1.12. The summed E-state index contributed by atoms with van der Waals surface area (Å²) in [6.45, 7) is 0.776. The third-order valence-electron chi connectivity index (χ3n) is 1.16. The van der Waals surface area contributed by atoms with Gasteiger partial charge >= 0.3 is 0 Å². The van der Waals surface area contributed by atoms with Gasteiger partial charge in [-0.05, 0) is 25.1 Å². The molecule has 0 aliphatic rings. The molecule has 2 N–H and O–H groups in total. The molecule has 62 valence electrons. The summed E-state index contributed by atoms with van der Waals surface area (Å²) in [6.07, 6.45) is 8.25. The average Bonchev–Trinajstić information content (AvgIpc) is 2.03. The fourth-order valence-electron chi connectivity index (χ4n) is 0.616. The van der Waals surface area contributed by atoms with Crippen molar-refractivity contribution in [1.82, 2.24) is 0 Å². The van der Waals surface area contributed by atoms with Gasteiger partial charge in [-0.15, -0.1) is 0 Å². The second-order valence-corrected chi connectivity index (χ2v) is 2.10. The SMILES string of the molecule is NC=CC=NCCCCC=O. The first-order chi connectivity index (χ1) is 5.41. The quantitative estimate of drug-likeness (QED) is 0.351. The van der Waals surface area contributed by atoms with Gasteiger partial charge in [0.1, 0.15) is 6.29 Å². The molecule has 0 bridgehead atoms. The minimum atomic E-state index is 0.641. The highest BCUT2D eigenvalue weighted by Gasteiger charge is 1.83. The fourth-order valence-corrected chi connectivity index (χ4v) is 0.616. The Morgan fingerprint density at radius 1 is 1.36 bits per heavy atom. The largest absolute Gasteiger partial charge is 0.405 e. The molecule has 0 rings (SSSR count). The highest BCUT2D eigenvalue weighted by Crippen LogP contribution is 1.91. The summed E-state index contributed by atoms with van der Waals surface area (Å²) in [4.78, 5) is 13.9. The molecule has 0 saturated heterocycles. The van der Waals surface area contributed by atoms with Crippen molar-refractivity contribution in [3.63, 3.8) is 0 Å². The summed E-state index contributed by atoms with van der Waals surface area (Å²) in [7, 11) is 0. The van der Waals surface area contributed by atoms with Crippen molar-refractivity contribution in [1.29, 1.82) is 0 Å². The lowest BCUT2D eigenvalue weighted by atomic mass is 10.2. The molecule has 0 atom stereocenters. The van der Waals surface area contributed by atoms with E-state index < -0.39 is 0 Å². The first kappa shape index (κ1) is 9.88. The van der Waals surface area contributed by atoms with Crippen LogP contribution in [0.5, 0.6) is 0 Å². The van der Waals surface area contributed by atoms with Gasteiger partial charge in [0.25, 0.3) is 0 Å². The Morgan fingerprint density at radius 3 is 2.82 bits per heavy atom. The predicted molar refractivity (Wildman–Crippen MR) is 46.6 cm³/mol. The molecule has 0 aliphatic carbocycles. The summed E-state index contributed by atoms with van der Waals surface area (Å²) < 4.78 is 0. The number of hydrogen-bond donors (Lipinski definition) is 1. The first-order valence-corrected chi connectivity index (χ1v) is 3.72. The van der Waals surface area contributed by atoms with E-state index in [0.717, 1.165) is 25.7 Å². The zero-order valence-electron chi connectivity index (χ0n) is 6.57. The van der Waals surface area contributed by atoms with Gasteiger partial charge in [-0.3, -0.25) is 4.99 Å². The van der Waals surface area contributed by atoms with Crippen LogP contribution in [0.4, 0.5) is 0 Å². The lowest BCUT2D eigenvalue weighted by molar-refractivity contribution is -0.107. The Morgan fingerprint density at radius 2 is 2.18 bits per heavy atom. The van der Waals surface area contributed by atoms with E-state index in [-0.39, 0.29) is 0 Å². The molecule has 0 amide bonds. The molecule has 0 aromatic carbocycles. The van der Waals surface area contributed by atoms with Crippen molar-refractivity contribution in [2.45, 2.75) is 19.3 Å². The van der Waals surface area contributed by atoms with Crippen molar-refractivity contribution in [3.05, 3.63) is 12.3 Å². The van der Waals surface area contributed by atoms with E-state index in [0.29, 0.717) is 6.42 Å². The van der Waals surface area contributed by atoms with E-state index in [4.69, 9.17) is 5.73 Å². The molecule has 0 aromatic rings. The number of nitrogens with two attached hydrogens (primary N) is 1. The third-order valence-corrected chi connectivity index (χ3v) is 1.16. The van der Waals surface area contributed by atoms with Gasteiger partial charge < -0.3 is 10.5 Å². The first-order valence-electron chi connectivity index (χ1n) is 3.72. The van der Waals surface area contributed by atoms with E-state index in [1.807, 2.05) is 0 Å². The van der Waals surface area contributed by atoms with Crippen molar-refractivity contribution >= 4 is 12.5 Å². The molecule has 0 heterocycles. The summed E-state index contributed by atoms with van der Waals surface area (Å²) in [5.74, 6) is 0. The van der Waals surface area contributed by atoms with E-state index in [9.17, 15) is 4.79 Å². The van der Waals surface area contributed by atoms with Gasteiger partial charge in [-0.1, -0.05) is 0 Å². The van der Waals surface area contributed by atoms with Gasteiger partial charge in [0.05, 0.1) is 0 Å². The molecule has 3 nitrogen and oxygen atoms in total. The minimum absolute atomic E-state index is 0.641. The minimum Gasteiger partial charge on any atom is -0.405 e. The number of hydrogen-bond acceptors (Lipinski definition) is 3. The molecule has 0 aromatic heterocycles. The Bertz CT molecular complexity index is 141. The zero-order chi connectivity index (χ0) is 8.36. The van der Waals surface area contributed by atoms with Crippen LogP contribution in [0.3, 0.4) is 0 Å². The van der Waals surface area contributed by atoms with E-state index in [2.05, 4.69) is 4.99 Å². The van der Waals surface area contributed by atoms with Crippen molar-refractivity contribution in [3.8, 4) is 0 Å². The fraction of sp³-hybridized carbons (Fsp3) is 0.500. The van der Waals surface area contributed by atoms with Crippen LogP contribution in [0.2, 0.25) is 0 Å². The predicted octanol–water partition coefficient (Wildman–Crippen LogP) is 0.899. The highest BCUT2D eigenvalue weighted by molar-refractivity contribution is 5.70. The number of unbranched alkanes of at least 4 members (excludes halogenated alkanes) is 2. The lowest BCUT2D eigenvalue weighted by Gasteiger charge is -1.89. The normalized spacial score (nSPS) is 11.3. The molecule has 0 radical (unpaired) electrons. The second kappa shape index (κ2) is 8.88. The molecular weight excluding hydrogens is 140 g/mol. The van der Waals surface area contributed by atoms with Crippen LogP contribution in [-0.2, 0) is 4.79 Å². The number of allylic oxidation sites excluding steroid dienone is 1. The highest BCUT2D eigenvalue weighted by atomic mass is 16.1. The maximum Gasteiger partial charge on any atom is 0.119 e. The number of rotatable bonds is 6. The average molecular weight is 154 g/mol. The van der Waals surface area contributed by atoms with Gasteiger partial charge in [0.15, 0.2) is 0 Å². The maximum absolute atomic E-state index is 9.87. The van der Waals surface area contributed by atoms with Gasteiger partial charge in [0.2, 0.25) is 0 Å². The third kappa shape index (κ3) is 8.88. The van der Waals surface area contributed by atoms with Crippen LogP contribution in [0, 0.1) is 0 Å². The van der Waals surface area contributed by atoms with Crippen molar-refractivity contribution in [2.24, 2.45) is 10.7 Å². The molecule has 0 spiro atoms. The Labute approximate surface area is 67.0 Å². The molecule has 0 fully saturated rings. The summed E-state index contributed by atoms with van der Waals surface area (Å²) in [5, 5.41) is 0. The maximum atomic E-state index is 9.87. The standard InChI is InChI=1S/C8H14N2O/c9-5-4-7-10-6-2-1-3-8-11/h4-5,7-8H,1-3,6,9H2. The van der Waals surface area contributed by atoms with Gasteiger partial charge in [0, 0.05) is 19.2 Å². The van der Waals surface area contributed by atoms with E-state index in [1.54, 1.807) is 12.3 Å². The number of aldehydes is 1. The van der Waals surface area contributed by atoms with Crippen LogP contribution in [0.1, 0.15) is 19.3 Å². The summed E-state index contributed by atoms with van der Waals surface area (Å²) in [5.41, 5.74) is 5.07. The van der Waals surface area contributed by atoms with Crippen molar-refractivity contribution < 1.29 is 4.79 Å². The number of nitrogens with zero attached hydrogens (tertiary/aromatic N) is 1. The molecule has 0 saturated carbocycles. The lowest BCUT2D eigenvalue weighted by Crippen LogP contribution is -1.83. The molecular formula is C8H14N2O. The Balaban J connectivity index is 3.06. The van der Waals surface area contributed by atoms with Crippen LogP contribution >= 0.6 is 0 Å². The summed E-state index contributed by atoms with van der Waals surface area (Å²) >= 11 is 0. The van der Waals surface area contributed by atoms with Crippen LogP contribution in [-0.4, -0.2) is 19.0 Å². The van der Waals surface area contributed by atoms with Crippen LogP contribution in [0.15, 0.2) is 17.3 Å². The number of aliphatic imine (C=N–C) groups is 1. The van der Waals surface area contributed by atoms with Crippen molar-refractivity contribution in [2.75, 3.05) is 6.54 Å². The number of carbonyl (C=O) groups excluding carboxylic acids is 1. The molecule has 3 heteroatoms. The Kier molecular flexibility index (Phi) is 7.98. The smallest absolute Gasteiger partial charge is 0.119 e.